The summed E-state index contributed by atoms with van der Waals surface area (Å²) in [4.78, 5) is 10.7. The fourth-order valence-electron chi connectivity index (χ4n) is 1.33. The van der Waals surface area contributed by atoms with E-state index in [4.69, 9.17) is 5.11 Å². The molecule has 0 aliphatic rings. The quantitative estimate of drug-likeness (QED) is 0.879. The Labute approximate surface area is 92.3 Å². The SMILES string of the molecule is O=C(O)c1cnoc1-c1c(F)cc(F)cc1F. The molecule has 4 nitrogen and oxygen atoms in total. The third-order valence-electron chi connectivity index (χ3n) is 2.03. The lowest BCUT2D eigenvalue weighted by molar-refractivity contribution is 0.0697. The van der Waals surface area contributed by atoms with Crippen LogP contribution in [0.1, 0.15) is 10.4 Å². The second-order valence-electron chi connectivity index (χ2n) is 3.12. The molecule has 0 aliphatic carbocycles. The average molecular weight is 243 g/mol. The average Bonchev–Trinajstić information content (AvgIpc) is 2.64. The van der Waals surface area contributed by atoms with Gasteiger partial charge in [0.2, 0.25) is 0 Å². The topological polar surface area (TPSA) is 63.3 Å². The van der Waals surface area contributed by atoms with Crippen molar-refractivity contribution in [1.82, 2.24) is 5.16 Å². The molecule has 0 saturated carbocycles. The molecule has 0 bridgehead atoms. The summed E-state index contributed by atoms with van der Waals surface area (Å²) < 4.78 is 43.9. The van der Waals surface area contributed by atoms with Gasteiger partial charge in [0, 0.05) is 12.1 Å². The second kappa shape index (κ2) is 3.93. The maximum absolute atomic E-state index is 13.4. The first-order valence-electron chi connectivity index (χ1n) is 4.33. The summed E-state index contributed by atoms with van der Waals surface area (Å²) in [6, 6.07) is 0.846. The zero-order valence-electron chi connectivity index (χ0n) is 8.08. The fourth-order valence-corrected chi connectivity index (χ4v) is 1.33. The molecule has 1 aromatic heterocycles. The first-order chi connectivity index (χ1) is 8.00. The Hall–Kier alpha value is -2.31. The van der Waals surface area contributed by atoms with Crippen LogP contribution in [0.5, 0.6) is 0 Å². The molecule has 88 valence electrons. The number of hydrogen-bond acceptors (Lipinski definition) is 3. The Kier molecular flexibility index (Phi) is 2.58. The largest absolute Gasteiger partial charge is 0.477 e. The summed E-state index contributed by atoms with van der Waals surface area (Å²) in [5, 5.41) is 11.9. The molecule has 0 atom stereocenters. The molecule has 17 heavy (non-hydrogen) atoms. The van der Waals surface area contributed by atoms with Crippen LogP contribution in [0, 0.1) is 17.5 Å². The summed E-state index contributed by atoms with van der Waals surface area (Å²) in [5.41, 5.74) is -1.27. The van der Waals surface area contributed by atoms with Gasteiger partial charge in [0.25, 0.3) is 0 Å². The maximum atomic E-state index is 13.4. The number of carboxylic acids is 1. The van der Waals surface area contributed by atoms with Gasteiger partial charge in [-0.1, -0.05) is 5.16 Å². The highest BCUT2D eigenvalue weighted by atomic mass is 19.1. The normalized spacial score (nSPS) is 10.5. The van der Waals surface area contributed by atoms with E-state index in [-0.39, 0.29) is 0 Å². The molecule has 2 aromatic rings. The first kappa shape index (κ1) is 11.2. The number of nitrogens with zero attached hydrogens (tertiary/aromatic N) is 1. The van der Waals surface area contributed by atoms with Crippen molar-refractivity contribution in [2.24, 2.45) is 0 Å². The molecule has 7 heteroatoms. The van der Waals surface area contributed by atoms with Crippen LogP contribution in [-0.4, -0.2) is 16.2 Å². The number of benzene rings is 1. The van der Waals surface area contributed by atoms with Crippen molar-refractivity contribution in [3.63, 3.8) is 0 Å². The monoisotopic (exact) mass is 243 g/mol. The first-order valence-corrected chi connectivity index (χ1v) is 4.33. The molecule has 0 aliphatic heterocycles. The van der Waals surface area contributed by atoms with Gasteiger partial charge in [-0.05, 0) is 0 Å². The number of rotatable bonds is 2. The van der Waals surface area contributed by atoms with E-state index in [9.17, 15) is 18.0 Å². The summed E-state index contributed by atoms with van der Waals surface area (Å²) >= 11 is 0. The molecular formula is C10H4F3NO3. The number of carboxylic acid groups (broad SMARTS) is 1. The van der Waals surface area contributed by atoms with E-state index in [2.05, 4.69) is 9.68 Å². The van der Waals surface area contributed by atoms with Crippen molar-refractivity contribution in [3.8, 4) is 11.3 Å². The molecular weight excluding hydrogens is 239 g/mol. The van der Waals surface area contributed by atoms with Gasteiger partial charge in [-0.25, -0.2) is 18.0 Å². The Balaban J connectivity index is 2.69. The van der Waals surface area contributed by atoms with Gasteiger partial charge in [-0.3, -0.25) is 0 Å². The molecule has 0 radical (unpaired) electrons. The Morgan fingerprint density at radius 1 is 1.24 bits per heavy atom. The van der Waals surface area contributed by atoms with E-state index in [1.54, 1.807) is 0 Å². The minimum Gasteiger partial charge on any atom is -0.477 e. The maximum Gasteiger partial charge on any atom is 0.341 e. The number of hydrogen-bond donors (Lipinski definition) is 1. The van der Waals surface area contributed by atoms with Crippen LogP contribution in [0.2, 0.25) is 0 Å². The van der Waals surface area contributed by atoms with Gasteiger partial charge in [0.15, 0.2) is 5.76 Å². The zero-order chi connectivity index (χ0) is 12.6. The van der Waals surface area contributed by atoms with Gasteiger partial charge in [-0.15, -0.1) is 0 Å². The van der Waals surface area contributed by atoms with Crippen molar-refractivity contribution in [3.05, 3.63) is 41.3 Å². The Bertz CT molecular complexity index is 571. The van der Waals surface area contributed by atoms with E-state index in [0.717, 1.165) is 6.20 Å². The highest BCUT2D eigenvalue weighted by molar-refractivity contribution is 5.94. The predicted molar refractivity (Wildman–Crippen MR) is 48.8 cm³/mol. The smallest absolute Gasteiger partial charge is 0.341 e. The van der Waals surface area contributed by atoms with Crippen LogP contribution in [0.3, 0.4) is 0 Å². The second-order valence-corrected chi connectivity index (χ2v) is 3.12. The summed E-state index contributed by atoms with van der Waals surface area (Å²) in [6.45, 7) is 0. The van der Waals surface area contributed by atoms with Gasteiger partial charge in [0.1, 0.15) is 23.0 Å². The van der Waals surface area contributed by atoms with E-state index in [1.807, 2.05) is 0 Å². The van der Waals surface area contributed by atoms with Gasteiger partial charge in [-0.2, -0.15) is 0 Å². The van der Waals surface area contributed by atoms with Gasteiger partial charge < -0.3 is 9.63 Å². The van der Waals surface area contributed by atoms with E-state index in [0.29, 0.717) is 12.1 Å². The number of halogens is 3. The Morgan fingerprint density at radius 2 is 1.82 bits per heavy atom. The minimum atomic E-state index is -1.45. The standard InChI is InChI=1S/C10H4F3NO3/c11-4-1-6(12)8(7(13)2-4)9-5(10(15)16)3-14-17-9/h1-3H,(H,15,16). The minimum absolute atomic E-state index is 0.423. The highest BCUT2D eigenvalue weighted by Crippen LogP contribution is 2.29. The highest BCUT2D eigenvalue weighted by Gasteiger charge is 2.24. The summed E-state index contributed by atoms with van der Waals surface area (Å²) in [6.07, 6.45) is 0.805. The lowest BCUT2D eigenvalue weighted by Crippen LogP contribution is -1.99. The third-order valence-corrected chi connectivity index (χ3v) is 2.03. The lowest BCUT2D eigenvalue weighted by Gasteiger charge is -2.02. The summed E-state index contributed by atoms with van der Waals surface area (Å²) in [5.74, 6) is -5.68. The van der Waals surface area contributed by atoms with Crippen molar-refractivity contribution < 1.29 is 27.6 Å². The number of carbonyl (C=O) groups is 1. The predicted octanol–water partition coefficient (Wildman–Crippen LogP) is 2.46. The molecule has 0 unspecified atom stereocenters. The van der Waals surface area contributed by atoms with Crippen molar-refractivity contribution >= 4 is 5.97 Å². The molecule has 0 spiro atoms. The third kappa shape index (κ3) is 1.86. The lowest BCUT2D eigenvalue weighted by atomic mass is 10.1. The number of aromatic carboxylic acids is 1. The Morgan fingerprint density at radius 3 is 2.35 bits per heavy atom. The van der Waals surface area contributed by atoms with Crippen LogP contribution in [0.4, 0.5) is 13.2 Å². The summed E-state index contributed by atoms with van der Waals surface area (Å²) in [7, 11) is 0. The fraction of sp³-hybridized carbons (Fsp3) is 0. The van der Waals surface area contributed by atoms with Gasteiger partial charge in [0.05, 0.1) is 11.8 Å². The van der Waals surface area contributed by atoms with E-state index in [1.165, 1.54) is 0 Å². The van der Waals surface area contributed by atoms with Crippen LogP contribution in [0.25, 0.3) is 11.3 Å². The molecule has 2 rings (SSSR count). The zero-order valence-corrected chi connectivity index (χ0v) is 8.08. The van der Waals surface area contributed by atoms with Gasteiger partial charge >= 0.3 is 5.97 Å². The van der Waals surface area contributed by atoms with Crippen molar-refractivity contribution in [2.75, 3.05) is 0 Å². The van der Waals surface area contributed by atoms with Crippen molar-refractivity contribution in [2.45, 2.75) is 0 Å². The molecule has 0 amide bonds. The van der Waals surface area contributed by atoms with E-state index >= 15 is 0 Å². The molecule has 1 N–H and O–H groups in total. The van der Waals surface area contributed by atoms with Crippen molar-refractivity contribution in [1.29, 1.82) is 0 Å². The van der Waals surface area contributed by atoms with Crippen LogP contribution >= 0.6 is 0 Å². The molecule has 0 fully saturated rings. The van der Waals surface area contributed by atoms with Crippen LogP contribution in [-0.2, 0) is 0 Å². The number of aromatic nitrogens is 1. The van der Waals surface area contributed by atoms with Crippen LogP contribution in [0.15, 0.2) is 22.9 Å². The molecule has 1 heterocycles. The van der Waals surface area contributed by atoms with Crippen LogP contribution < -0.4 is 0 Å². The van der Waals surface area contributed by atoms with E-state index < -0.39 is 40.3 Å². The molecule has 0 saturated heterocycles. The molecule has 1 aromatic carbocycles.